The molecule has 0 bridgehead atoms. The molecule has 26 heavy (non-hydrogen) atoms. The third-order valence-corrected chi connectivity index (χ3v) is 6.63. The van der Waals surface area contributed by atoms with Crippen molar-refractivity contribution in [3.05, 3.63) is 35.4 Å². The Morgan fingerprint density at radius 3 is 2.38 bits per heavy atom. The molecule has 2 aliphatic rings. The molecule has 0 radical (unpaired) electrons. The summed E-state index contributed by atoms with van der Waals surface area (Å²) >= 11 is 0. The van der Waals surface area contributed by atoms with Crippen LogP contribution in [0.5, 0.6) is 0 Å². The minimum atomic E-state index is -0.349. The molecule has 1 unspecified atom stereocenters. The van der Waals surface area contributed by atoms with Gasteiger partial charge in [0, 0.05) is 12.0 Å². The topological polar surface area (TPSA) is 40.5 Å². The molecule has 1 aliphatic heterocycles. The summed E-state index contributed by atoms with van der Waals surface area (Å²) in [5.74, 6) is 0.284. The number of likely N-dealkylation sites (tertiary alicyclic amines) is 1. The van der Waals surface area contributed by atoms with Gasteiger partial charge in [-0.05, 0) is 36.8 Å². The predicted octanol–water partition coefficient (Wildman–Crippen LogP) is 5.54. The maximum atomic E-state index is 12.0. The minimum Gasteiger partial charge on any atom is -0.388 e. The molecule has 1 N–H and O–H groups in total. The molecule has 3 nitrogen and oxygen atoms in total. The van der Waals surface area contributed by atoms with Crippen molar-refractivity contribution in [1.29, 1.82) is 0 Å². The van der Waals surface area contributed by atoms with Gasteiger partial charge < -0.3 is 10.0 Å². The van der Waals surface area contributed by atoms with Crippen molar-refractivity contribution in [2.45, 2.75) is 90.2 Å². The maximum Gasteiger partial charge on any atom is 0.225 e. The number of carbonyl (C=O) groups is 1. The number of carbonyl (C=O) groups excluding carboxylic acids is 1. The number of aliphatic hydroxyl groups is 1. The van der Waals surface area contributed by atoms with Gasteiger partial charge in [-0.15, -0.1) is 0 Å². The third-order valence-electron chi connectivity index (χ3n) is 6.63. The highest BCUT2D eigenvalue weighted by atomic mass is 16.3. The second kappa shape index (κ2) is 8.56. The standard InChI is InChI=1S/C23H35NO2/c1-3-5-6-7-16-24-20(17-21(24)25)18-9-11-19(12-10-18)22(26)23(13-4-2)14-8-15-23/h9-12,20,22,26H,3-8,13-17H2,1-2H3/t20-,22?/m1/s1. The van der Waals surface area contributed by atoms with Gasteiger partial charge in [0.25, 0.3) is 0 Å². The summed E-state index contributed by atoms with van der Waals surface area (Å²) < 4.78 is 0. The Morgan fingerprint density at radius 2 is 1.85 bits per heavy atom. The molecule has 0 spiro atoms. The lowest BCUT2D eigenvalue weighted by atomic mass is 9.61. The van der Waals surface area contributed by atoms with Crippen molar-refractivity contribution < 1.29 is 9.90 Å². The highest BCUT2D eigenvalue weighted by molar-refractivity contribution is 5.83. The molecule has 1 saturated heterocycles. The fourth-order valence-corrected chi connectivity index (χ4v) is 4.78. The first-order chi connectivity index (χ1) is 12.6. The van der Waals surface area contributed by atoms with Crippen molar-refractivity contribution >= 4 is 5.91 Å². The number of amides is 1. The van der Waals surface area contributed by atoms with E-state index in [0.29, 0.717) is 6.42 Å². The van der Waals surface area contributed by atoms with E-state index in [4.69, 9.17) is 0 Å². The Morgan fingerprint density at radius 1 is 1.12 bits per heavy atom. The van der Waals surface area contributed by atoms with Crippen LogP contribution in [0.2, 0.25) is 0 Å². The predicted molar refractivity (Wildman–Crippen MR) is 106 cm³/mol. The van der Waals surface area contributed by atoms with Crippen LogP contribution in [0.4, 0.5) is 0 Å². The highest BCUT2D eigenvalue weighted by Crippen LogP contribution is 2.53. The fourth-order valence-electron chi connectivity index (χ4n) is 4.78. The molecule has 0 aromatic heterocycles. The van der Waals surface area contributed by atoms with Crippen molar-refractivity contribution in [1.82, 2.24) is 4.90 Å². The van der Waals surface area contributed by atoms with Gasteiger partial charge in [0.05, 0.1) is 18.6 Å². The van der Waals surface area contributed by atoms with Crippen molar-refractivity contribution in [2.24, 2.45) is 5.41 Å². The summed E-state index contributed by atoms with van der Waals surface area (Å²) in [4.78, 5) is 14.0. The molecule has 1 aliphatic carbocycles. The highest BCUT2D eigenvalue weighted by Gasteiger charge is 2.43. The van der Waals surface area contributed by atoms with Gasteiger partial charge in [-0.2, -0.15) is 0 Å². The number of hydrogen-bond donors (Lipinski definition) is 1. The van der Waals surface area contributed by atoms with Gasteiger partial charge in [0.15, 0.2) is 0 Å². The van der Waals surface area contributed by atoms with E-state index in [1.807, 2.05) is 4.90 Å². The number of nitrogens with zero attached hydrogens (tertiary/aromatic N) is 1. The van der Waals surface area contributed by atoms with Crippen LogP contribution in [0.15, 0.2) is 24.3 Å². The van der Waals surface area contributed by atoms with Gasteiger partial charge >= 0.3 is 0 Å². The first kappa shape index (κ1) is 19.4. The molecule has 1 aromatic rings. The molecule has 2 atom stereocenters. The Labute approximate surface area is 158 Å². The van der Waals surface area contributed by atoms with Crippen LogP contribution in [0.25, 0.3) is 0 Å². The number of hydrogen-bond acceptors (Lipinski definition) is 2. The lowest BCUT2D eigenvalue weighted by Crippen LogP contribution is -2.46. The van der Waals surface area contributed by atoms with Crippen LogP contribution in [0, 0.1) is 5.41 Å². The second-order valence-corrected chi connectivity index (χ2v) is 8.40. The maximum absolute atomic E-state index is 12.0. The molecular weight excluding hydrogens is 322 g/mol. The zero-order valence-electron chi connectivity index (χ0n) is 16.5. The molecule has 1 aromatic carbocycles. The van der Waals surface area contributed by atoms with Gasteiger partial charge in [0.1, 0.15) is 0 Å². The smallest absolute Gasteiger partial charge is 0.225 e. The Hall–Kier alpha value is -1.35. The van der Waals surface area contributed by atoms with E-state index >= 15 is 0 Å². The first-order valence-electron chi connectivity index (χ1n) is 10.7. The molecule has 1 amide bonds. The molecule has 144 valence electrons. The largest absolute Gasteiger partial charge is 0.388 e. The van der Waals surface area contributed by atoms with E-state index in [1.54, 1.807) is 0 Å². The zero-order valence-corrected chi connectivity index (χ0v) is 16.5. The zero-order chi connectivity index (χ0) is 18.6. The third kappa shape index (κ3) is 3.83. The summed E-state index contributed by atoms with van der Waals surface area (Å²) in [5.41, 5.74) is 2.37. The SMILES string of the molecule is CCCCCCN1C(=O)C[C@@H]1c1ccc(C(O)C2(CCC)CCC2)cc1. The fraction of sp³-hybridized carbons (Fsp3) is 0.696. The normalized spacial score (nSPS) is 22.7. The summed E-state index contributed by atoms with van der Waals surface area (Å²) in [6, 6.07) is 8.69. The quantitative estimate of drug-likeness (QED) is 0.441. The number of rotatable bonds is 10. The van der Waals surface area contributed by atoms with Crippen molar-refractivity contribution in [2.75, 3.05) is 6.54 Å². The van der Waals surface area contributed by atoms with E-state index in [1.165, 1.54) is 31.2 Å². The summed E-state index contributed by atoms with van der Waals surface area (Å²) in [6.07, 6.45) is 10.8. The monoisotopic (exact) mass is 357 g/mol. The molecule has 2 fully saturated rings. The number of unbranched alkanes of at least 4 members (excludes halogenated alkanes) is 3. The van der Waals surface area contributed by atoms with Crippen LogP contribution in [0.1, 0.15) is 101 Å². The van der Waals surface area contributed by atoms with Crippen LogP contribution in [-0.4, -0.2) is 22.5 Å². The molecule has 3 rings (SSSR count). The Kier molecular flexibility index (Phi) is 6.39. The van der Waals surface area contributed by atoms with Crippen LogP contribution < -0.4 is 0 Å². The summed E-state index contributed by atoms with van der Waals surface area (Å²) in [7, 11) is 0. The lowest BCUT2D eigenvalue weighted by Gasteiger charge is -2.46. The van der Waals surface area contributed by atoms with Gasteiger partial charge in [-0.1, -0.05) is 70.2 Å². The van der Waals surface area contributed by atoms with Crippen LogP contribution >= 0.6 is 0 Å². The Bertz CT molecular complexity index is 591. The summed E-state index contributed by atoms with van der Waals surface area (Å²) in [5, 5.41) is 10.9. The number of β-lactam (4-membered cyclic amide) rings is 1. The minimum absolute atomic E-state index is 0.105. The van der Waals surface area contributed by atoms with E-state index in [0.717, 1.165) is 44.2 Å². The Balaban J connectivity index is 1.61. The molecule has 3 heteroatoms. The average Bonchev–Trinajstić information content (AvgIpc) is 2.62. The first-order valence-corrected chi connectivity index (χ1v) is 10.7. The van der Waals surface area contributed by atoms with Crippen LogP contribution in [-0.2, 0) is 4.79 Å². The van der Waals surface area contributed by atoms with Gasteiger partial charge in [0.2, 0.25) is 5.91 Å². The van der Waals surface area contributed by atoms with Crippen molar-refractivity contribution in [3.63, 3.8) is 0 Å². The number of aliphatic hydroxyl groups excluding tert-OH is 1. The van der Waals surface area contributed by atoms with E-state index in [9.17, 15) is 9.90 Å². The molecule has 1 saturated carbocycles. The van der Waals surface area contributed by atoms with Gasteiger partial charge in [-0.25, -0.2) is 0 Å². The van der Waals surface area contributed by atoms with E-state index in [-0.39, 0.29) is 23.5 Å². The average molecular weight is 358 g/mol. The summed E-state index contributed by atoms with van der Waals surface area (Å²) in [6.45, 7) is 5.30. The van der Waals surface area contributed by atoms with Crippen molar-refractivity contribution in [3.8, 4) is 0 Å². The number of benzene rings is 1. The van der Waals surface area contributed by atoms with Gasteiger partial charge in [-0.3, -0.25) is 4.79 Å². The molecular formula is C23H35NO2. The van der Waals surface area contributed by atoms with Crippen LogP contribution in [0.3, 0.4) is 0 Å². The van der Waals surface area contributed by atoms with E-state index in [2.05, 4.69) is 38.1 Å². The van der Waals surface area contributed by atoms with E-state index < -0.39 is 0 Å². The lowest BCUT2D eigenvalue weighted by molar-refractivity contribution is -0.146. The molecule has 1 heterocycles. The second-order valence-electron chi connectivity index (χ2n) is 8.40.